The summed E-state index contributed by atoms with van der Waals surface area (Å²) in [5.41, 5.74) is 2.64. The van der Waals surface area contributed by atoms with Gasteiger partial charge in [0.2, 0.25) is 5.75 Å². The molecule has 0 atom stereocenters. The van der Waals surface area contributed by atoms with Gasteiger partial charge in [-0.15, -0.1) is 0 Å². The molecule has 138 valence electrons. The molecule has 0 aliphatic carbocycles. The lowest BCUT2D eigenvalue weighted by Crippen LogP contribution is -2.11. The van der Waals surface area contributed by atoms with Gasteiger partial charge in [-0.05, 0) is 35.3 Å². The SMILES string of the molecule is COc1ccc(/C=C/C(=O)c2ccc(C(C)(C)C)cc2)c(OC)c1OC. The third-order valence-corrected chi connectivity index (χ3v) is 4.18. The molecule has 0 heterocycles. The highest BCUT2D eigenvalue weighted by molar-refractivity contribution is 6.07. The van der Waals surface area contributed by atoms with Crippen molar-refractivity contribution in [3.05, 3.63) is 59.2 Å². The van der Waals surface area contributed by atoms with Gasteiger partial charge in [0.1, 0.15) is 0 Å². The number of carbonyl (C=O) groups excluding carboxylic acids is 1. The van der Waals surface area contributed by atoms with Crippen molar-refractivity contribution in [1.82, 2.24) is 0 Å². The molecule has 0 aromatic heterocycles. The first-order valence-corrected chi connectivity index (χ1v) is 8.43. The Balaban J connectivity index is 2.28. The van der Waals surface area contributed by atoms with Crippen LogP contribution in [-0.2, 0) is 5.41 Å². The standard InChI is InChI=1S/C22H26O4/c1-22(2,3)17-11-7-15(8-12-17)18(23)13-9-16-10-14-19(24-4)21(26-6)20(16)25-5/h7-14H,1-6H3/b13-9+. The number of benzene rings is 2. The molecule has 4 heteroatoms. The van der Waals surface area contributed by atoms with E-state index in [4.69, 9.17) is 14.2 Å². The van der Waals surface area contributed by atoms with Crippen molar-refractivity contribution < 1.29 is 19.0 Å². The maximum Gasteiger partial charge on any atom is 0.203 e. The summed E-state index contributed by atoms with van der Waals surface area (Å²) in [5.74, 6) is 1.53. The summed E-state index contributed by atoms with van der Waals surface area (Å²) in [5, 5.41) is 0. The van der Waals surface area contributed by atoms with E-state index >= 15 is 0 Å². The number of carbonyl (C=O) groups is 1. The summed E-state index contributed by atoms with van der Waals surface area (Å²) in [6, 6.07) is 11.3. The van der Waals surface area contributed by atoms with E-state index < -0.39 is 0 Å². The van der Waals surface area contributed by atoms with Crippen LogP contribution in [-0.4, -0.2) is 27.1 Å². The first-order valence-electron chi connectivity index (χ1n) is 8.43. The van der Waals surface area contributed by atoms with Crippen molar-refractivity contribution in [3.63, 3.8) is 0 Å². The second-order valence-corrected chi connectivity index (χ2v) is 6.95. The van der Waals surface area contributed by atoms with Crippen molar-refractivity contribution in [2.75, 3.05) is 21.3 Å². The van der Waals surface area contributed by atoms with E-state index in [-0.39, 0.29) is 11.2 Å². The summed E-state index contributed by atoms with van der Waals surface area (Å²) < 4.78 is 16.1. The highest BCUT2D eigenvalue weighted by Gasteiger charge is 2.15. The molecule has 0 unspecified atom stereocenters. The van der Waals surface area contributed by atoms with E-state index in [2.05, 4.69) is 20.8 Å². The van der Waals surface area contributed by atoms with Crippen LogP contribution in [0.2, 0.25) is 0 Å². The van der Waals surface area contributed by atoms with Crippen LogP contribution in [0.4, 0.5) is 0 Å². The number of rotatable bonds is 6. The number of ketones is 1. The number of methoxy groups -OCH3 is 3. The van der Waals surface area contributed by atoms with Crippen LogP contribution in [0.3, 0.4) is 0 Å². The lowest BCUT2D eigenvalue weighted by Gasteiger charge is -2.18. The molecule has 0 fully saturated rings. The van der Waals surface area contributed by atoms with Gasteiger partial charge in [0, 0.05) is 11.1 Å². The van der Waals surface area contributed by atoms with E-state index in [1.165, 1.54) is 11.6 Å². The zero-order valence-electron chi connectivity index (χ0n) is 16.3. The smallest absolute Gasteiger partial charge is 0.203 e. The van der Waals surface area contributed by atoms with Crippen molar-refractivity contribution in [3.8, 4) is 17.2 Å². The fraction of sp³-hybridized carbons (Fsp3) is 0.318. The summed E-state index contributed by atoms with van der Waals surface area (Å²) in [7, 11) is 4.68. The molecule has 0 saturated heterocycles. The predicted molar refractivity (Wildman–Crippen MR) is 105 cm³/mol. The Labute approximate surface area is 155 Å². The van der Waals surface area contributed by atoms with Gasteiger partial charge in [0.05, 0.1) is 21.3 Å². The maximum atomic E-state index is 12.5. The zero-order chi connectivity index (χ0) is 19.3. The summed E-state index contributed by atoms with van der Waals surface area (Å²) >= 11 is 0. The average molecular weight is 354 g/mol. The predicted octanol–water partition coefficient (Wildman–Crippen LogP) is 4.91. The molecule has 0 aliphatic rings. The molecule has 0 bridgehead atoms. The largest absolute Gasteiger partial charge is 0.493 e. The summed E-state index contributed by atoms with van der Waals surface area (Å²) in [6.07, 6.45) is 3.26. The second-order valence-electron chi connectivity index (χ2n) is 6.95. The highest BCUT2D eigenvalue weighted by atomic mass is 16.5. The number of hydrogen-bond donors (Lipinski definition) is 0. The molecule has 26 heavy (non-hydrogen) atoms. The normalized spacial score (nSPS) is 11.5. The Kier molecular flexibility index (Phi) is 6.09. The van der Waals surface area contributed by atoms with Gasteiger partial charge in [-0.3, -0.25) is 4.79 Å². The zero-order valence-corrected chi connectivity index (χ0v) is 16.3. The van der Waals surface area contributed by atoms with E-state index in [0.717, 1.165) is 5.56 Å². The van der Waals surface area contributed by atoms with Crippen molar-refractivity contribution in [2.24, 2.45) is 0 Å². The highest BCUT2D eigenvalue weighted by Crippen LogP contribution is 2.40. The fourth-order valence-electron chi connectivity index (χ4n) is 2.65. The van der Waals surface area contributed by atoms with E-state index in [1.807, 2.05) is 30.3 Å². The minimum Gasteiger partial charge on any atom is -0.493 e. The van der Waals surface area contributed by atoms with E-state index in [9.17, 15) is 4.79 Å². The molecule has 4 nitrogen and oxygen atoms in total. The molecule has 0 aliphatic heterocycles. The number of allylic oxidation sites excluding steroid dienone is 1. The van der Waals surface area contributed by atoms with Crippen LogP contribution in [0.15, 0.2) is 42.5 Å². The molecule has 0 saturated carbocycles. The minimum atomic E-state index is -0.0673. The molecule has 0 amide bonds. The molecule has 2 rings (SSSR count). The van der Waals surface area contributed by atoms with Gasteiger partial charge in [0.25, 0.3) is 0 Å². The summed E-state index contributed by atoms with van der Waals surface area (Å²) in [4.78, 5) is 12.5. The average Bonchev–Trinajstić information content (AvgIpc) is 2.64. The van der Waals surface area contributed by atoms with Crippen LogP contribution < -0.4 is 14.2 Å². The van der Waals surface area contributed by atoms with Gasteiger partial charge >= 0.3 is 0 Å². The van der Waals surface area contributed by atoms with E-state index in [0.29, 0.717) is 22.8 Å². The topological polar surface area (TPSA) is 44.8 Å². The van der Waals surface area contributed by atoms with Crippen LogP contribution in [0, 0.1) is 0 Å². The summed E-state index contributed by atoms with van der Waals surface area (Å²) in [6.45, 7) is 6.44. The van der Waals surface area contributed by atoms with Crippen LogP contribution in [0.25, 0.3) is 6.08 Å². The lowest BCUT2D eigenvalue weighted by atomic mass is 9.86. The van der Waals surface area contributed by atoms with Crippen LogP contribution in [0.1, 0.15) is 42.3 Å². The molecule has 0 N–H and O–H groups in total. The molecular formula is C22H26O4. The van der Waals surface area contributed by atoms with Crippen molar-refractivity contribution in [1.29, 1.82) is 0 Å². The van der Waals surface area contributed by atoms with Crippen molar-refractivity contribution >= 4 is 11.9 Å². The number of hydrogen-bond acceptors (Lipinski definition) is 4. The Hall–Kier alpha value is -2.75. The molecular weight excluding hydrogens is 328 g/mol. The molecule has 2 aromatic rings. The third-order valence-electron chi connectivity index (χ3n) is 4.18. The first-order chi connectivity index (χ1) is 12.3. The maximum absolute atomic E-state index is 12.5. The Morgan fingerprint density at radius 2 is 1.46 bits per heavy atom. The van der Waals surface area contributed by atoms with E-state index in [1.54, 1.807) is 33.5 Å². The first kappa shape index (κ1) is 19.6. The Morgan fingerprint density at radius 1 is 0.846 bits per heavy atom. The Morgan fingerprint density at radius 3 is 1.96 bits per heavy atom. The van der Waals surface area contributed by atoms with Gasteiger partial charge in [-0.25, -0.2) is 0 Å². The van der Waals surface area contributed by atoms with Gasteiger partial charge in [-0.2, -0.15) is 0 Å². The molecule has 2 aromatic carbocycles. The lowest BCUT2D eigenvalue weighted by molar-refractivity contribution is 0.104. The fourth-order valence-corrected chi connectivity index (χ4v) is 2.65. The van der Waals surface area contributed by atoms with Crippen LogP contribution in [0.5, 0.6) is 17.2 Å². The van der Waals surface area contributed by atoms with Gasteiger partial charge < -0.3 is 14.2 Å². The quantitative estimate of drug-likeness (QED) is 0.546. The minimum absolute atomic E-state index is 0.0600. The van der Waals surface area contributed by atoms with Crippen LogP contribution >= 0.6 is 0 Å². The molecule has 0 spiro atoms. The second kappa shape index (κ2) is 8.09. The van der Waals surface area contributed by atoms with Gasteiger partial charge in [-0.1, -0.05) is 45.0 Å². The molecule has 0 radical (unpaired) electrons. The Bertz CT molecular complexity index is 796. The van der Waals surface area contributed by atoms with Gasteiger partial charge in [0.15, 0.2) is 17.3 Å². The third kappa shape index (κ3) is 4.26. The number of ether oxygens (including phenoxy) is 3. The van der Waals surface area contributed by atoms with Crippen molar-refractivity contribution in [2.45, 2.75) is 26.2 Å². The monoisotopic (exact) mass is 354 g/mol.